The smallest absolute Gasteiger partial charge is 0.441 e. The lowest BCUT2D eigenvalue weighted by atomic mass is 10.2. The summed E-state index contributed by atoms with van der Waals surface area (Å²) in [6, 6.07) is 12.8. The molecular weight excluding hydrogens is 421 g/mol. The van der Waals surface area contributed by atoms with Crippen LogP contribution in [0.4, 0.5) is 13.2 Å². The van der Waals surface area contributed by atoms with Crippen molar-refractivity contribution in [3.63, 3.8) is 0 Å². The van der Waals surface area contributed by atoms with Crippen molar-refractivity contribution in [2.24, 2.45) is 0 Å². The molecule has 3 aromatic rings. The van der Waals surface area contributed by atoms with E-state index >= 15 is 0 Å². The lowest BCUT2D eigenvalue weighted by Crippen LogP contribution is -2.27. The van der Waals surface area contributed by atoms with E-state index in [1.54, 1.807) is 36.5 Å². The second kappa shape index (κ2) is 9.21. The van der Waals surface area contributed by atoms with Crippen molar-refractivity contribution in [3.8, 4) is 17.1 Å². The van der Waals surface area contributed by atoms with Crippen molar-refractivity contribution >= 4 is 17.5 Å². The number of carbonyl (C=O) groups is 1. The topological polar surface area (TPSA) is 55.6 Å². The van der Waals surface area contributed by atoms with Crippen LogP contribution < -0.4 is 4.74 Å². The highest BCUT2D eigenvalue weighted by Crippen LogP contribution is 2.27. The van der Waals surface area contributed by atoms with E-state index in [1.165, 1.54) is 30.1 Å². The molecule has 0 aliphatic heterocycles. The third-order valence-electron chi connectivity index (χ3n) is 4.27. The van der Waals surface area contributed by atoms with Gasteiger partial charge in [0.05, 0.1) is 6.20 Å². The van der Waals surface area contributed by atoms with Crippen LogP contribution in [0.25, 0.3) is 11.3 Å². The third kappa shape index (κ3) is 6.00. The molecule has 158 valence electrons. The minimum Gasteiger partial charge on any atom is -0.441 e. The number of aromatic nitrogens is 1. The van der Waals surface area contributed by atoms with Crippen molar-refractivity contribution in [3.05, 3.63) is 71.2 Å². The zero-order chi connectivity index (χ0) is 21.7. The predicted molar refractivity (Wildman–Crippen MR) is 105 cm³/mol. The number of carbonyl (C=O) groups excluding carboxylic acids is 1. The number of oxazole rings is 1. The Labute approximate surface area is 176 Å². The molecule has 0 aliphatic carbocycles. The predicted octanol–water partition coefficient (Wildman–Crippen LogP) is 5.48. The number of alkyl halides is 3. The van der Waals surface area contributed by atoms with E-state index in [0.29, 0.717) is 16.7 Å². The van der Waals surface area contributed by atoms with E-state index < -0.39 is 6.36 Å². The number of benzene rings is 2. The van der Waals surface area contributed by atoms with Gasteiger partial charge in [-0.3, -0.25) is 4.79 Å². The summed E-state index contributed by atoms with van der Waals surface area (Å²) in [5, 5.41) is 0.606. The number of amides is 1. The van der Waals surface area contributed by atoms with Crippen LogP contribution in [0.2, 0.25) is 5.02 Å². The molecular formula is C21H18ClF3N2O3. The van der Waals surface area contributed by atoms with Gasteiger partial charge in [-0.05, 0) is 30.3 Å². The first-order valence-corrected chi connectivity index (χ1v) is 9.37. The van der Waals surface area contributed by atoms with E-state index in [2.05, 4.69) is 9.72 Å². The Morgan fingerprint density at radius 2 is 1.87 bits per heavy atom. The third-order valence-corrected chi connectivity index (χ3v) is 4.52. The summed E-state index contributed by atoms with van der Waals surface area (Å²) >= 11 is 5.87. The van der Waals surface area contributed by atoms with Gasteiger partial charge in [0.15, 0.2) is 11.7 Å². The second-order valence-corrected chi connectivity index (χ2v) is 6.97. The van der Waals surface area contributed by atoms with E-state index in [0.717, 1.165) is 5.56 Å². The van der Waals surface area contributed by atoms with Gasteiger partial charge < -0.3 is 14.1 Å². The molecule has 0 saturated heterocycles. The first-order valence-electron chi connectivity index (χ1n) is 8.99. The fourth-order valence-electron chi connectivity index (χ4n) is 2.78. The Balaban J connectivity index is 1.58. The van der Waals surface area contributed by atoms with Gasteiger partial charge in [0.2, 0.25) is 5.91 Å². The molecule has 5 nitrogen and oxygen atoms in total. The monoisotopic (exact) mass is 438 g/mol. The summed E-state index contributed by atoms with van der Waals surface area (Å²) in [6.07, 6.45) is -2.88. The highest BCUT2D eigenvalue weighted by Gasteiger charge is 2.32. The van der Waals surface area contributed by atoms with E-state index in [9.17, 15) is 18.0 Å². The molecule has 0 unspecified atom stereocenters. The molecule has 30 heavy (non-hydrogen) atoms. The Morgan fingerprint density at radius 1 is 1.17 bits per heavy atom. The number of para-hydroxylation sites is 1. The minimum atomic E-state index is -4.80. The molecule has 3 rings (SSSR count). The summed E-state index contributed by atoms with van der Waals surface area (Å²) < 4.78 is 47.3. The molecule has 2 aromatic carbocycles. The van der Waals surface area contributed by atoms with Crippen LogP contribution >= 0.6 is 11.6 Å². The maximum Gasteiger partial charge on any atom is 0.573 e. The molecule has 0 aliphatic rings. The van der Waals surface area contributed by atoms with Gasteiger partial charge in [0, 0.05) is 42.6 Å². The minimum absolute atomic E-state index is 0.0211. The first-order chi connectivity index (χ1) is 14.2. The number of hydrogen-bond donors (Lipinski definition) is 0. The van der Waals surface area contributed by atoms with Crippen molar-refractivity contribution in [2.75, 3.05) is 7.05 Å². The normalized spacial score (nSPS) is 11.4. The SMILES string of the molecule is CN(Cc1ccccc1OC(F)(F)F)C(=O)CCc1ncc(-c2ccc(Cl)cc2)o1. The van der Waals surface area contributed by atoms with Crippen molar-refractivity contribution in [1.82, 2.24) is 9.88 Å². The number of nitrogens with zero attached hydrogens (tertiary/aromatic N) is 2. The molecule has 0 saturated carbocycles. The first kappa shape index (κ1) is 21.7. The molecule has 0 spiro atoms. The fourth-order valence-corrected chi connectivity index (χ4v) is 2.91. The van der Waals surface area contributed by atoms with Crippen LogP contribution in [0.15, 0.2) is 59.1 Å². The van der Waals surface area contributed by atoms with Crippen LogP contribution in [0.1, 0.15) is 17.9 Å². The van der Waals surface area contributed by atoms with Gasteiger partial charge in [0.25, 0.3) is 0 Å². The van der Waals surface area contributed by atoms with Crippen molar-refractivity contribution in [1.29, 1.82) is 0 Å². The Kier molecular flexibility index (Phi) is 6.66. The molecule has 1 amide bonds. The molecule has 0 bridgehead atoms. The number of ether oxygens (including phenoxy) is 1. The number of halogens is 4. The van der Waals surface area contributed by atoms with Crippen LogP contribution in [-0.2, 0) is 17.8 Å². The molecule has 0 radical (unpaired) electrons. The standard InChI is InChI=1S/C21H18ClF3N2O3/c1-27(13-15-4-2-3-5-17(15)30-21(23,24)25)20(28)11-10-19-26-12-18(29-19)14-6-8-16(22)9-7-14/h2-9,12H,10-11,13H2,1H3. The molecule has 9 heteroatoms. The van der Waals surface area contributed by atoms with Crippen LogP contribution in [-0.4, -0.2) is 29.2 Å². The Hall–Kier alpha value is -3.00. The van der Waals surface area contributed by atoms with E-state index in [4.69, 9.17) is 16.0 Å². The zero-order valence-electron chi connectivity index (χ0n) is 15.9. The summed E-state index contributed by atoms with van der Waals surface area (Å²) in [7, 11) is 1.52. The highest BCUT2D eigenvalue weighted by molar-refractivity contribution is 6.30. The number of aryl methyl sites for hydroxylation is 1. The zero-order valence-corrected chi connectivity index (χ0v) is 16.7. The Morgan fingerprint density at radius 3 is 2.57 bits per heavy atom. The largest absolute Gasteiger partial charge is 0.573 e. The van der Waals surface area contributed by atoms with Crippen LogP contribution in [0.5, 0.6) is 5.75 Å². The number of hydrogen-bond acceptors (Lipinski definition) is 4. The average molecular weight is 439 g/mol. The van der Waals surface area contributed by atoms with E-state index in [-0.39, 0.29) is 36.6 Å². The number of rotatable bonds is 7. The van der Waals surface area contributed by atoms with Gasteiger partial charge in [-0.2, -0.15) is 0 Å². The fraction of sp³-hybridized carbons (Fsp3) is 0.238. The molecule has 1 aromatic heterocycles. The van der Waals surface area contributed by atoms with Crippen LogP contribution in [0.3, 0.4) is 0 Å². The highest BCUT2D eigenvalue weighted by atomic mass is 35.5. The summed E-state index contributed by atoms with van der Waals surface area (Å²) in [5.74, 6) is 0.358. The summed E-state index contributed by atoms with van der Waals surface area (Å²) in [4.78, 5) is 17.9. The second-order valence-electron chi connectivity index (χ2n) is 6.53. The van der Waals surface area contributed by atoms with Gasteiger partial charge in [-0.15, -0.1) is 13.2 Å². The van der Waals surface area contributed by atoms with E-state index in [1.807, 2.05) is 0 Å². The summed E-state index contributed by atoms with van der Waals surface area (Å²) in [6.45, 7) is -0.0211. The average Bonchev–Trinajstić information content (AvgIpc) is 3.16. The van der Waals surface area contributed by atoms with Gasteiger partial charge >= 0.3 is 6.36 Å². The van der Waals surface area contributed by atoms with Crippen LogP contribution in [0, 0.1) is 0 Å². The van der Waals surface area contributed by atoms with Crippen molar-refractivity contribution < 1.29 is 27.1 Å². The molecule has 1 heterocycles. The van der Waals surface area contributed by atoms with Gasteiger partial charge in [-0.25, -0.2) is 4.98 Å². The van der Waals surface area contributed by atoms with Gasteiger partial charge in [0.1, 0.15) is 5.75 Å². The molecule has 0 fully saturated rings. The lowest BCUT2D eigenvalue weighted by Gasteiger charge is -2.19. The summed E-state index contributed by atoms with van der Waals surface area (Å²) in [5.41, 5.74) is 1.06. The maximum atomic E-state index is 12.5. The lowest BCUT2D eigenvalue weighted by molar-refractivity contribution is -0.275. The molecule has 0 N–H and O–H groups in total. The van der Waals surface area contributed by atoms with Crippen molar-refractivity contribution in [2.45, 2.75) is 25.7 Å². The quantitative estimate of drug-likeness (QED) is 0.490. The maximum absolute atomic E-state index is 12.5. The Bertz CT molecular complexity index is 1000. The molecule has 0 atom stereocenters. The van der Waals surface area contributed by atoms with Gasteiger partial charge in [-0.1, -0.05) is 29.8 Å².